The molecule has 2 N–H and O–H groups in total. The van der Waals surface area contributed by atoms with Gasteiger partial charge in [0.25, 0.3) is 0 Å². The molecule has 2 aliphatic rings. The predicted molar refractivity (Wildman–Crippen MR) is 100.0 cm³/mol. The monoisotopic (exact) mass is 373 g/mol. The molecule has 3 rings (SSSR count). The van der Waals surface area contributed by atoms with Gasteiger partial charge in [0.2, 0.25) is 17.7 Å². The number of likely N-dealkylation sites (tertiary alicyclic amines) is 2. The smallest absolute Gasteiger partial charge is 0.237 e. The van der Waals surface area contributed by atoms with Crippen LogP contribution in [0.5, 0.6) is 5.75 Å². The summed E-state index contributed by atoms with van der Waals surface area (Å²) >= 11 is 0. The third kappa shape index (κ3) is 4.59. The number of piperidine rings is 2. The number of carbonyl (C=O) groups is 3. The molecule has 146 valence electrons. The lowest BCUT2D eigenvalue weighted by molar-refractivity contribution is -0.144. The maximum Gasteiger partial charge on any atom is 0.237 e. The number of amides is 3. The first-order chi connectivity index (χ1) is 12.9. The van der Waals surface area contributed by atoms with E-state index in [4.69, 9.17) is 10.5 Å². The minimum absolute atomic E-state index is 0.00374. The van der Waals surface area contributed by atoms with Crippen molar-refractivity contribution >= 4 is 17.7 Å². The summed E-state index contributed by atoms with van der Waals surface area (Å²) in [6.45, 7) is 1.91. The van der Waals surface area contributed by atoms with Gasteiger partial charge in [-0.25, -0.2) is 0 Å². The molecule has 3 amide bonds. The predicted octanol–water partition coefficient (Wildman–Crippen LogP) is 0.954. The number of ether oxygens (including phenoxy) is 1. The Bertz CT molecular complexity index is 726. The van der Waals surface area contributed by atoms with Crippen molar-refractivity contribution in [2.45, 2.75) is 32.1 Å². The van der Waals surface area contributed by atoms with Crippen LogP contribution in [0.2, 0.25) is 0 Å². The number of nitrogens with two attached hydrogens (primary N) is 1. The van der Waals surface area contributed by atoms with Gasteiger partial charge in [-0.2, -0.15) is 0 Å². The Hall–Kier alpha value is -2.57. The fraction of sp³-hybridized carbons (Fsp3) is 0.550. The second-order valence-corrected chi connectivity index (χ2v) is 7.63. The Morgan fingerprint density at radius 3 is 2.63 bits per heavy atom. The Labute approximate surface area is 159 Å². The van der Waals surface area contributed by atoms with Crippen molar-refractivity contribution in [1.29, 1.82) is 0 Å². The van der Waals surface area contributed by atoms with Crippen LogP contribution in [-0.4, -0.2) is 60.8 Å². The van der Waals surface area contributed by atoms with E-state index in [-0.39, 0.29) is 23.8 Å². The van der Waals surface area contributed by atoms with E-state index in [1.807, 2.05) is 29.2 Å². The van der Waals surface area contributed by atoms with Crippen LogP contribution in [0.4, 0.5) is 0 Å². The fourth-order valence-electron chi connectivity index (χ4n) is 4.14. The molecule has 0 aromatic heterocycles. The van der Waals surface area contributed by atoms with Gasteiger partial charge in [-0.05, 0) is 42.4 Å². The maximum absolute atomic E-state index is 12.7. The van der Waals surface area contributed by atoms with Crippen molar-refractivity contribution in [2.24, 2.45) is 11.1 Å². The number of benzene rings is 1. The molecule has 0 atom stereocenters. The highest BCUT2D eigenvalue weighted by Crippen LogP contribution is 2.40. The second kappa shape index (κ2) is 7.98. The lowest BCUT2D eigenvalue weighted by Crippen LogP contribution is -2.54. The summed E-state index contributed by atoms with van der Waals surface area (Å²) in [6, 6.07) is 7.57. The second-order valence-electron chi connectivity index (χ2n) is 7.63. The van der Waals surface area contributed by atoms with Crippen molar-refractivity contribution in [3.63, 3.8) is 0 Å². The molecule has 2 saturated heterocycles. The SMILES string of the molecule is COc1cccc(CC(=O)N2CCC3(CCC(=O)N(CC(N)=O)C3)CC2)c1. The van der Waals surface area contributed by atoms with E-state index in [1.54, 1.807) is 12.0 Å². The molecular formula is C20H27N3O4. The molecule has 1 aromatic carbocycles. The first kappa shape index (κ1) is 19.2. The molecule has 0 radical (unpaired) electrons. The summed E-state index contributed by atoms with van der Waals surface area (Å²) in [5, 5.41) is 0. The van der Waals surface area contributed by atoms with E-state index in [0.717, 1.165) is 30.6 Å². The average Bonchev–Trinajstić information content (AvgIpc) is 2.65. The van der Waals surface area contributed by atoms with Crippen molar-refractivity contribution in [1.82, 2.24) is 9.80 Å². The molecule has 2 aliphatic heterocycles. The van der Waals surface area contributed by atoms with Crippen molar-refractivity contribution in [2.75, 3.05) is 33.3 Å². The molecule has 2 fully saturated rings. The van der Waals surface area contributed by atoms with Crippen molar-refractivity contribution in [3.8, 4) is 5.75 Å². The molecule has 7 nitrogen and oxygen atoms in total. The van der Waals surface area contributed by atoms with Gasteiger partial charge in [0.15, 0.2) is 0 Å². The molecule has 1 aromatic rings. The Balaban J connectivity index is 1.57. The standard InChI is InChI=1S/C20H27N3O4/c1-27-16-4-2-3-15(11-16)12-19(26)22-9-7-20(8-10-22)6-5-18(25)23(14-20)13-17(21)24/h2-4,11H,5-10,12-14H2,1H3,(H2,21,24). The Morgan fingerprint density at radius 2 is 1.96 bits per heavy atom. The van der Waals surface area contributed by atoms with E-state index in [1.165, 1.54) is 0 Å². The minimum Gasteiger partial charge on any atom is -0.497 e. The van der Waals surface area contributed by atoms with E-state index >= 15 is 0 Å². The van der Waals surface area contributed by atoms with Crippen LogP contribution in [0.15, 0.2) is 24.3 Å². The molecule has 0 aliphatic carbocycles. The Kier molecular flexibility index (Phi) is 5.68. The van der Waals surface area contributed by atoms with E-state index in [0.29, 0.717) is 32.5 Å². The van der Waals surface area contributed by atoms with E-state index < -0.39 is 5.91 Å². The van der Waals surface area contributed by atoms with Crippen LogP contribution in [0.3, 0.4) is 0 Å². The van der Waals surface area contributed by atoms with Crippen LogP contribution in [0.25, 0.3) is 0 Å². The lowest BCUT2D eigenvalue weighted by atomic mass is 9.72. The maximum atomic E-state index is 12.7. The van der Waals surface area contributed by atoms with Gasteiger partial charge in [0.1, 0.15) is 5.75 Å². The highest BCUT2D eigenvalue weighted by molar-refractivity contribution is 5.84. The zero-order valence-corrected chi connectivity index (χ0v) is 15.8. The summed E-state index contributed by atoms with van der Waals surface area (Å²) in [4.78, 5) is 39.4. The summed E-state index contributed by atoms with van der Waals surface area (Å²) in [5.74, 6) is 0.376. The largest absolute Gasteiger partial charge is 0.497 e. The molecule has 0 bridgehead atoms. The number of nitrogens with zero attached hydrogens (tertiary/aromatic N) is 2. The molecule has 0 unspecified atom stereocenters. The quantitative estimate of drug-likeness (QED) is 0.832. The number of hydrogen-bond acceptors (Lipinski definition) is 4. The highest BCUT2D eigenvalue weighted by atomic mass is 16.5. The van der Waals surface area contributed by atoms with Gasteiger partial charge in [0.05, 0.1) is 20.1 Å². The third-order valence-corrected chi connectivity index (χ3v) is 5.76. The summed E-state index contributed by atoms with van der Waals surface area (Å²) in [6.07, 6.45) is 3.32. The zero-order chi connectivity index (χ0) is 19.4. The van der Waals surface area contributed by atoms with Gasteiger partial charge >= 0.3 is 0 Å². The van der Waals surface area contributed by atoms with E-state index in [2.05, 4.69) is 0 Å². The van der Waals surface area contributed by atoms with Crippen LogP contribution in [0.1, 0.15) is 31.2 Å². The number of hydrogen-bond donors (Lipinski definition) is 1. The third-order valence-electron chi connectivity index (χ3n) is 5.76. The number of rotatable bonds is 5. The zero-order valence-electron chi connectivity index (χ0n) is 15.8. The highest BCUT2D eigenvalue weighted by Gasteiger charge is 2.41. The van der Waals surface area contributed by atoms with Crippen molar-refractivity contribution < 1.29 is 19.1 Å². The first-order valence-electron chi connectivity index (χ1n) is 9.38. The minimum atomic E-state index is -0.480. The average molecular weight is 373 g/mol. The van der Waals surface area contributed by atoms with Gasteiger partial charge in [0, 0.05) is 26.1 Å². The van der Waals surface area contributed by atoms with Gasteiger partial charge < -0.3 is 20.3 Å². The molecular weight excluding hydrogens is 346 g/mol. The number of methoxy groups -OCH3 is 1. The summed E-state index contributed by atoms with van der Waals surface area (Å²) in [7, 11) is 1.61. The molecule has 7 heteroatoms. The van der Waals surface area contributed by atoms with Gasteiger partial charge in [-0.15, -0.1) is 0 Å². The van der Waals surface area contributed by atoms with Gasteiger partial charge in [-0.1, -0.05) is 12.1 Å². The van der Waals surface area contributed by atoms with Crippen LogP contribution in [-0.2, 0) is 20.8 Å². The fourth-order valence-corrected chi connectivity index (χ4v) is 4.14. The van der Waals surface area contributed by atoms with Crippen LogP contribution < -0.4 is 10.5 Å². The molecule has 27 heavy (non-hydrogen) atoms. The van der Waals surface area contributed by atoms with Crippen molar-refractivity contribution in [3.05, 3.63) is 29.8 Å². The first-order valence-corrected chi connectivity index (χ1v) is 9.38. The molecule has 0 saturated carbocycles. The van der Waals surface area contributed by atoms with Crippen LogP contribution in [0, 0.1) is 5.41 Å². The normalized spacial score (nSPS) is 19.2. The number of primary amides is 1. The number of carbonyl (C=O) groups excluding carboxylic acids is 3. The van der Waals surface area contributed by atoms with Gasteiger partial charge in [-0.3, -0.25) is 14.4 Å². The summed E-state index contributed by atoms with van der Waals surface area (Å²) < 4.78 is 5.21. The summed E-state index contributed by atoms with van der Waals surface area (Å²) in [5.41, 5.74) is 6.20. The molecule has 2 heterocycles. The topological polar surface area (TPSA) is 92.9 Å². The molecule has 1 spiro atoms. The Morgan fingerprint density at radius 1 is 1.22 bits per heavy atom. The van der Waals surface area contributed by atoms with E-state index in [9.17, 15) is 14.4 Å². The van der Waals surface area contributed by atoms with Crippen LogP contribution >= 0.6 is 0 Å². The lowest BCUT2D eigenvalue weighted by Gasteiger charge is -2.47.